The van der Waals surface area contributed by atoms with Crippen molar-refractivity contribution < 1.29 is 24.3 Å². The van der Waals surface area contributed by atoms with Crippen LogP contribution in [0.15, 0.2) is 0 Å². The Bertz CT molecular complexity index is 458. The molecule has 10 heteroatoms. The van der Waals surface area contributed by atoms with Gasteiger partial charge >= 0.3 is 5.97 Å². The lowest BCUT2D eigenvalue weighted by molar-refractivity contribution is -0.143. The van der Waals surface area contributed by atoms with Crippen LogP contribution in [0.1, 0.15) is 20.3 Å². The van der Waals surface area contributed by atoms with Crippen LogP contribution in [-0.2, 0) is 19.2 Å². The minimum atomic E-state index is -1.14. The third kappa shape index (κ3) is 9.36. The van der Waals surface area contributed by atoms with Crippen LogP contribution >= 0.6 is 11.8 Å². The van der Waals surface area contributed by atoms with E-state index in [0.717, 1.165) is 5.75 Å². The van der Waals surface area contributed by atoms with Crippen LogP contribution in [0, 0.1) is 5.92 Å². The van der Waals surface area contributed by atoms with Gasteiger partial charge in [-0.15, -0.1) is 0 Å². The van der Waals surface area contributed by atoms with Crippen molar-refractivity contribution in [2.75, 3.05) is 25.1 Å². The van der Waals surface area contributed by atoms with Crippen LogP contribution in [0.25, 0.3) is 0 Å². The van der Waals surface area contributed by atoms with Crippen molar-refractivity contribution in [2.24, 2.45) is 11.7 Å². The molecule has 6 N–H and O–H groups in total. The summed E-state index contributed by atoms with van der Waals surface area (Å²) >= 11 is 1.57. The van der Waals surface area contributed by atoms with E-state index in [1.165, 1.54) is 0 Å². The maximum Gasteiger partial charge on any atom is 0.326 e. The third-order valence-electron chi connectivity index (χ3n) is 3.09. The van der Waals surface area contributed by atoms with Gasteiger partial charge in [0.2, 0.25) is 17.7 Å². The van der Waals surface area contributed by atoms with Crippen molar-refractivity contribution >= 4 is 35.5 Å². The second-order valence-electron chi connectivity index (χ2n) is 5.51. The van der Waals surface area contributed by atoms with E-state index in [1.807, 2.05) is 6.26 Å². The number of hydrogen-bond acceptors (Lipinski definition) is 6. The highest BCUT2D eigenvalue weighted by atomic mass is 32.2. The Morgan fingerprint density at radius 2 is 1.67 bits per heavy atom. The highest BCUT2D eigenvalue weighted by molar-refractivity contribution is 7.98. The predicted molar refractivity (Wildman–Crippen MR) is 91.4 cm³/mol. The van der Waals surface area contributed by atoms with Crippen molar-refractivity contribution in [1.29, 1.82) is 0 Å². The fourth-order valence-electron chi connectivity index (χ4n) is 1.65. The Hall–Kier alpha value is -1.81. The molecular formula is C14H26N4O5S. The number of carbonyl (C=O) groups is 4. The van der Waals surface area contributed by atoms with Gasteiger partial charge in [-0.1, -0.05) is 13.8 Å². The summed E-state index contributed by atoms with van der Waals surface area (Å²) < 4.78 is 0. The van der Waals surface area contributed by atoms with Gasteiger partial charge in [0.15, 0.2) is 0 Å². The second kappa shape index (κ2) is 11.7. The fraction of sp³-hybridized carbons (Fsp3) is 0.714. The molecule has 0 radical (unpaired) electrons. The highest BCUT2D eigenvalue weighted by Crippen LogP contribution is 2.01. The summed E-state index contributed by atoms with van der Waals surface area (Å²) in [6, 6.07) is -1.71. The average molecular weight is 362 g/mol. The Balaban J connectivity index is 4.10. The summed E-state index contributed by atoms with van der Waals surface area (Å²) in [5.41, 5.74) is 5.65. The van der Waals surface area contributed by atoms with Crippen LogP contribution in [0.3, 0.4) is 0 Å². The first-order valence-corrected chi connectivity index (χ1v) is 8.89. The molecule has 0 aromatic carbocycles. The molecule has 0 bridgehead atoms. The van der Waals surface area contributed by atoms with Crippen LogP contribution < -0.4 is 21.7 Å². The third-order valence-corrected chi connectivity index (χ3v) is 3.73. The average Bonchev–Trinajstić information content (AvgIpc) is 2.52. The molecule has 138 valence electrons. The van der Waals surface area contributed by atoms with E-state index in [9.17, 15) is 19.2 Å². The number of rotatable bonds is 11. The molecule has 0 saturated carbocycles. The molecule has 0 fully saturated rings. The first kappa shape index (κ1) is 22.2. The number of nitrogens with two attached hydrogens (primary N) is 1. The van der Waals surface area contributed by atoms with Crippen LogP contribution in [0.4, 0.5) is 0 Å². The molecule has 0 aliphatic carbocycles. The molecule has 0 heterocycles. The Kier molecular flexibility index (Phi) is 10.8. The van der Waals surface area contributed by atoms with Gasteiger partial charge < -0.3 is 26.8 Å². The number of carbonyl (C=O) groups excluding carboxylic acids is 3. The lowest BCUT2D eigenvalue weighted by atomic mass is 10.1. The lowest BCUT2D eigenvalue weighted by Crippen LogP contribution is -2.49. The van der Waals surface area contributed by atoms with E-state index in [1.54, 1.807) is 25.6 Å². The van der Waals surface area contributed by atoms with Crippen molar-refractivity contribution in [2.45, 2.75) is 32.4 Å². The highest BCUT2D eigenvalue weighted by Gasteiger charge is 2.23. The minimum absolute atomic E-state index is 0.288. The molecule has 0 aromatic rings. The normalized spacial score (nSPS) is 13.0. The zero-order valence-electron chi connectivity index (χ0n) is 14.1. The zero-order valence-corrected chi connectivity index (χ0v) is 14.9. The lowest BCUT2D eigenvalue weighted by Gasteiger charge is -2.18. The zero-order chi connectivity index (χ0) is 18.7. The monoisotopic (exact) mass is 362 g/mol. The van der Waals surface area contributed by atoms with E-state index in [0.29, 0.717) is 6.42 Å². The summed E-state index contributed by atoms with van der Waals surface area (Å²) in [6.07, 6.45) is 2.40. The van der Waals surface area contributed by atoms with Gasteiger partial charge in [0.25, 0.3) is 0 Å². The van der Waals surface area contributed by atoms with Gasteiger partial charge in [0.05, 0.1) is 19.1 Å². The molecule has 3 amide bonds. The van der Waals surface area contributed by atoms with E-state index >= 15 is 0 Å². The van der Waals surface area contributed by atoms with Crippen LogP contribution in [0.5, 0.6) is 0 Å². The molecule has 9 nitrogen and oxygen atoms in total. The Labute approximate surface area is 145 Å². The van der Waals surface area contributed by atoms with Crippen molar-refractivity contribution in [3.8, 4) is 0 Å². The van der Waals surface area contributed by atoms with E-state index in [2.05, 4.69) is 16.0 Å². The second-order valence-corrected chi connectivity index (χ2v) is 6.50. The van der Waals surface area contributed by atoms with Crippen molar-refractivity contribution in [1.82, 2.24) is 16.0 Å². The summed E-state index contributed by atoms with van der Waals surface area (Å²) in [5, 5.41) is 16.0. The quantitative estimate of drug-likeness (QED) is 0.301. The largest absolute Gasteiger partial charge is 0.480 e. The Morgan fingerprint density at radius 1 is 1.08 bits per heavy atom. The molecule has 0 aliphatic rings. The number of carboxylic acids is 1. The van der Waals surface area contributed by atoms with Gasteiger partial charge in [-0.05, 0) is 24.3 Å². The smallest absolute Gasteiger partial charge is 0.326 e. The van der Waals surface area contributed by atoms with Gasteiger partial charge in [0, 0.05) is 0 Å². The van der Waals surface area contributed by atoms with E-state index in [-0.39, 0.29) is 19.0 Å². The maximum absolute atomic E-state index is 11.6. The predicted octanol–water partition coefficient (Wildman–Crippen LogP) is -1.48. The minimum Gasteiger partial charge on any atom is -0.480 e. The molecule has 24 heavy (non-hydrogen) atoms. The molecule has 0 aliphatic heterocycles. The molecule has 2 atom stereocenters. The number of hydrogen-bond donors (Lipinski definition) is 5. The molecule has 0 saturated heterocycles. The van der Waals surface area contributed by atoms with Crippen LogP contribution in [0.2, 0.25) is 0 Å². The molecular weight excluding hydrogens is 336 g/mol. The van der Waals surface area contributed by atoms with Crippen LogP contribution in [-0.4, -0.2) is 66.0 Å². The standard InChI is InChI=1S/C14H26N4O5S/c1-8(2)12(14(22)23)18-11(20)7-16-10(19)6-17-13(21)9(15)4-5-24-3/h8-9,12H,4-7,15H2,1-3H3,(H,16,19)(H,17,21)(H,18,20)(H,22,23). The number of nitrogens with one attached hydrogen (secondary N) is 3. The molecule has 0 spiro atoms. The number of aliphatic carboxylic acids is 1. The first-order valence-electron chi connectivity index (χ1n) is 7.50. The van der Waals surface area contributed by atoms with Gasteiger partial charge in [0.1, 0.15) is 6.04 Å². The van der Waals surface area contributed by atoms with Gasteiger partial charge in [-0.2, -0.15) is 11.8 Å². The SMILES string of the molecule is CSCCC(N)C(=O)NCC(=O)NCC(=O)NC(C(=O)O)C(C)C. The van der Waals surface area contributed by atoms with Crippen molar-refractivity contribution in [3.63, 3.8) is 0 Å². The summed E-state index contributed by atoms with van der Waals surface area (Å²) in [7, 11) is 0. The number of amides is 3. The molecule has 0 aromatic heterocycles. The van der Waals surface area contributed by atoms with E-state index in [4.69, 9.17) is 10.8 Å². The number of carboxylic acid groups (broad SMARTS) is 1. The fourth-order valence-corrected chi connectivity index (χ4v) is 2.14. The molecule has 0 rings (SSSR count). The van der Waals surface area contributed by atoms with Crippen molar-refractivity contribution in [3.05, 3.63) is 0 Å². The topological polar surface area (TPSA) is 151 Å². The maximum atomic E-state index is 11.6. The summed E-state index contributed by atoms with van der Waals surface area (Å²) in [4.78, 5) is 45.8. The summed E-state index contributed by atoms with van der Waals surface area (Å²) in [6.45, 7) is 2.65. The first-order chi connectivity index (χ1) is 11.2. The molecule has 2 unspecified atom stereocenters. The summed E-state index contributed by atoms with van der Waals surface area (Å²) in [5.74, 6) is -2.31. The number of thioether (sulfide) groups is 1. The Morgan fingerprint density at radius 3 is 2.17 bits per heavy atom. The van der Waals surface area contributed by atoms with Gasteiger partial charge in [-0.25, -0.2) is 4.79 Å². The van der Waals surface area contributed by atoms with Gasteiger partial charge in [-0.3, -0.25) is 14.4 Å². The van der Waals surface area contributed by atoms with E-state index < -0.39 is 35.8 Å².